The fourth-order valence-electron chi connectivity index (χ4n) is 2.35. The number of benzene rings is 2. The molecule has 0 saturated carbocycles. The topological polar surface area (TPSA) is 80.6 Å². The van der Waals surface area contributed by atoms with E-state index < -0.39 is 17.9 Å². The fourth-order valence-corrected chi connectivity index (χ4v) is 2.73. The number of hydrogen-bond acceptors (Lipinski definition) is 4. The van der Waals surface area contributed by atoms with Crippen LogP contribution in [-0.4, -0.2) is 17.9 Å². The van der Waals surface area contributed by atoms with E-state index in [1.807, 2.05) is 25.1 Å². The third-order valence-electron chi connectivity index (χ3n) is 3.67. The molecule has 1 heterocycles. The third-order valence-corrected chi connectivity index (χ3v) is 4.17. The van der Waals surface area contributed by atoms with Crippen molar-refractivity contribution in [2.75, 3.05) is 0 Å². The van der Waals surface area contributed by atoms with Crippen molar-refractivity contribution < 1.29 is 18.7 Å². The van der Waals surface area contributed by atoms with Crippen LogP contribution in [0.25, 0.3) is 11.0 Å². The average molecular weight is 417 g/mol. The molecule has 1 unspecified atom stereocenters. The van der Waals surface area contributed by atoms with Crippen LogP contribution in [0.2, 0.25) is 0 Å². The van der Waals surface area contributed by atoms with E-state index in [4.69, 9.17) is 9.15 Å². The summed E-state index contributed by atoms with van der Waals surface area (Å²) in [4.78, 5) is 24.3. The second kappa shape index (κ2) is 7.61. The minimum atomic E-state index is -0.789. The van der Waals surface area contributed by atoms with E-state index >= 15 is 0 Å². The lowest BCUT2D eigenvalue weighted by Gasteiger charge is -2.15. The van der Waals surface area contributed by atoms with E-state index in [0.29, 0.717) is 11.3 Å². The molecule has 1 aromatic heterocycles. The van der Waals surface area contributed by atoms with Crippen molar-refractivity contribution in [1.82, 2.24) is 10.9 Å². The number of aryl methyl sites for hydroxylation is 1. The Balaban J connectivity index is 1.58. The van der Waals surface area contributed by atoms with Crippen molar-refractivity contribution in [2.24, 2.45) is 0 Å². The molecule has 0 aliphatic carbocycles. The zero-order chi connectivity index (χ0) is 18.7. The van der Waals surface area contributed by atoms with Crippen molar-refractivity contribution >= 4 is 38.7 Å². The van der Waals surface area contributed by atoms with Gasteiger partial charge in [0.15, 0.2) is 11.9 Å². The van der Waals surface area contributed by atoms with Crippen molar-refractivity contribution in [3.8, 4) is 5.75 Å². The van der Waals surface area contributed by atoms with Crippen LogP contribution in [0.15, 0.2) is 57.4 Å². The van der Waals surface area contributed by atoms with Gasteiger partial charge in [-0.3, -0.25) is 20.4 Å². The van der Waals surface area contributed by atoms with Gasteiger partial charge < -0.3 is 9.15 Å². The Bertz CT molecular complexity index is 967. The van der Waals surface area contributed by atoms with Crippen LogP contribution >= 0.6 is 15.9 Å². The maximum Gasteiger partial charge on any atom is 0.305 e. The SMILES string of the molecule is Cc1ccc2oc(C(=O)NNC(=O)C(C)Oc3cccc(Br)c3)cc2c1. The predicted molar refractivity (Wildman–Crippen MR) is 101 cm³/mol. The molecule has 3 aromatic rings. The zero-order valence-corrected chi connectivity index (χ0v) is 15.8. The van der Waals surface area contributed by atoms with E-state index in [0.717, 1.165) is 15.4 Å². The summed E-state index contributed by atoms with van der Waals surface area (Å²) in [7, 11) is 0. The lowest BCUT2D eigenvalue weighted by Crippen LogP contribution is -2.47. The number of halogens is 1. The van der Waals surface area contributed by atoms with Crippen molar-refractivity contribution in [3.63, 3.8) is 0 Å². The number of amides is 2. The molecule has 1 atom stereocenters. The number of hydrogen-bond donors (Lipinski definition) is 2. The van der Waals surface area contributed by atoms with Gasteiger partial charge in [0.05, 0.1) is 0 Å². The van der Waals surface area contributed by atoms with Gasteiger partial charge in [0.2, 0.25) is 0 Å². The highest BCUT2D eigenvalue weighted by Crippen LogP contribution is 2.21. The molecule has 0 bridgehead atoms. The third kappa shape index (κ3) is 4.23. The molecule has 134 valence electrons. The van der Waals surface area contributed by atoms with Gasteiger partial charge >= 0.3 is 5.91 Å². The Morgan fingerprint density at radius 2 is 1.92 bits per heavy atom. The minimum Gasteiger partial charge on any atom is -0.481 e. The summed E-state index contributed by atoms with van der Waals surface area (Å²) < 4.78 is 11.9. The Morgan fingerprint density at radius 1 is 1.12 bits per heavy atom. The number of carbonyl (C=O) groups is 2. The number of furan rings is 1. The Hall–Kier alpha value is -2.80. The van der Waals surface area contributed by atoms with Crippen LogP contribution in [0.4, 0.5) is 0 Å². The van der Waals surface area contributed by atoms with Crippen molar-refractivity contribution in [1.29, 1.82) is 0 Å². The number of nitrogens with one attached hydrogen (secondary N) is 2. The highest BCUT2D eigenvalue weighted by molar-refractivity contribution is 9.10. The smallest absolute Gasteiger partial charge is 0.305 e. The van der Waals surface area contributed by atoms with Gasteiger partial charge in [-0.1, -0.05) is 33.6 Å². The maximum atomic E-state index is 12.2. The molecule has 0 saturated heterocycles. The van der Waals surface area contributed by atoms with Crippen LogP contribution < -0.4 is 15.6 Å². The number of fused-ring (bicyclic) bond motifs is 1. The minimum absolute atomic E-state index is 0.117. The summed E-state index contributed by atoms with van der Waals surface area (Å²) in [5.41, 5.74) is 6.34. The monoisotopic (exact) mass is 416 g/mol. The molecule has 2 amide bonds. The Labute approximate surface area is 158 Å². The standard InChI is InChI=1S/C19H17BrN2O4/c1-11-6-7-16-13(8-11)9-17(26-16)19(24)22-21-18(23)12(2)25-15-5-3-4-14(20)10-15/h3-10,12H,1-2H3,(H,21,23)(H,22,24). The molecule has 0 fully saturated rings. The van der Waals surface area contributed by atoms with Gasteiger partial charge in [-0.05, 0) is 50.2 Å². The summed E-state index contributed by atoms with van der Waals surface area (Å²) in [5, 5.41) is 0.827. The number of hydrazine groups is 1. The fraction of sp³-hybridized carbons (Fsp3) is 0.158. The molecule has 7 heteroatoms. The number of rotatable bonds is 4. The van der Waals surface area contributed by atoms with Gasteiger partial charge in [0.25, 0.3) is 5.91 Å². The largest absolute Gasteiger partial charge is 0.481 e. The van der Waals surface area contributed by atoms with Gasteiger partial charge in [-0.2, -0.15) is 0 Å². The van der Waals surface area contributed by atoms with Gasteiger partial charge in [0, 0.05) is 9.86 Å². The lowest BCUT2D eigenvalue weighted by atomic mass is 10.2. The summed E-state index contributed by atoms with van der Waals surface area (Å²) in [6, 6.07) is 14.4. The highest BCUT2D eigenvalue weighted by Gasteiger charge is 2.17. The first-order chi connectivity index (χ1) is 12.4. The van der Waals surface area contributed by atoms with Crippen LogP contribution in [0.3, 0.4) is 0 Å². The van der Waals surface area contributed by atoms with Crippen LogP contribution in [0.5, 0.6) is 5.75 Å². The molecule has 26 heavy (non-hydrogen) atoms. The summed E-state index contributed by atoms with van der Waals surface area (Å²) in [6.45, 7) is 3.55. The van der Waals surface area contributed by atoms with Crippen LogP contribution in [0, 0.1) is 6.92 Å². The van der Waals surface area contributed by atoms with Crippen molar-refractivity contribution in [2.45, 2.75) is 20.0 Å². The molecular weight excluding hydrogens is 400 g/mol. The first-order valence-corrected chi connectivity index (χ1v) is 8.74. The van der Waals surface area contributed by atoms with Gasteiger partial charge in [0.1, 0.15) is 11.3 Å². The van der Waals surface area contributed by atoms with Gasteiger partial charge in [-0.15, -0.1) is 0 Å². The first kappa shape index (κ1) is 18.0. The molecule has 3 rings (SSSR count). The molecule has 2 N–H and O–H groups in total. The quantitative estimate of drug-likeness (QED) is 0.634. The van der Waals surface area contributed by atoms with E-state index in [2.05, 4.69) is 26.8 Å². The molecule has 0 aliphatic rings. The zero-order valence-electron chi connectivity index (χ0n) is 14.2. The number of ether oxygens (including phenoxy) is 1. The van der Waals surface area contributed by atoms with E-state index in [-0.39, 0.29) is 5.76 Å². The Kier molecular flexibility index (Phi) is 5.27. The Morgan fingerprint density at radius 3 is 2.69 bits per heavy atom. The molecular formula is C19H17BrN2O4. The molecule has 0 radical (unpaired) electrons. The summed E-state index contributed by atoms with van der Waals surface area (Å²) in [5.74, 6) is -0.361. The van der Waals surface area contributed by atoms with Crippen molar-refractivity contribution in [3.05, 3.63) is 64.3 Å². The summed E-state index contributed by atoms with van der Waals surface area (Å²) >= 11 is 3.34. The molecule has 6 nitrogen and oxygen atoms in total. The molecule has 0 spiro atoms. The van der Waals surface area contributed by atoms with Crippen LogP contribution in [0.1, 0.15) is 23.0 Å². The summed E-state index contributed by atoms with van der Waals surface area (Å²) in [6.07, 6.45) is -0.789. The van der Waals surface area contributed by atoms with E-state index in [1.54, 1.807) is 37.3 Å². The van der Waals surface area contributed by atoms with E-state index in [9.17, 15) is 9.59 Å². The normalized spacial score (nSPS) is 11.8. The highest BCUT2D eigenvalue weighted by atomic mass is 79.9. The molecule has 2 aromatic carbocycles. The second-order valence-corrected chi connectivity index (χ2v) is 6.73. The van der Waals surface area contributed by atoms with Crippen LogP contribution in [-0.2, 0) is 4.79 Å². The lowest BCUT2D eigenvalue weighted by molar-refractivity contribution is -0.128. The van der Waals surface area contributed by atoms with E-state index in [1.165, 1.54) is 0 Å². The molecule has 0 aliphatic heterocycles. The number of carbonyl (C=O) groups excluding carboxylic acids is 2. The average Bonchev–Trinajstić information content (AvgIpc) is 3.02. The van der Waals surface area contributed by atoms with Gasteiger partial charge in [-0.25, -0.2) is 0 Å². The maximum absolute atomic E-state index is 12.2. The first-order valence-electron chi connectivity index (χ1n) is 7.95. The second-order valence-electron chi connectivity index (χ2n) is 5.81. The predicted octanol–water partition coefficient (Wildman–Crippen LogP) is 3.73.